The first kappa shape index (κ1) is 26.2. The summed E-state index contributed by atoms with van der Waals surface area (Å²) in [6.07, 6.45) is -8.02. The van der Waals surface area contributed by atoms with Crippen LogP contribution >= 0.6 is 0 Å². The van der Waals surface area contributed by atoms with Crippen LogP contribution in [0.15, 0.2) is 34.7 Å². The molecular formula is C24H25O13+. The molecule has 13 heteroatoms. The number of aliphatic hydroxyl groups excluding tert-OH is 4. The summed E-state index contributed by atoms with van der Waals surface area (Å²) in [4.78, 5) is 11.6. The van der Waals surface area contributed by atoms with E-state index in [9.17, 15) is 40.5 Å². The number of hydrogen-bond donors (Lipinski definition) is 7. The molecule has 1 saturated heterocycles. The lowest BCUT2D eigenvalue weighted by Gasteiger charge is -2.39. The second-order valence-electron chi connectivity index (χ2n) is 8.25. The van der Waals surface area contributed by atoms with Crippen LogP contribution in [0.4, 0.5) is 0 Å². The van der Waals surface area contributed by atoms with Gasteiger partial charge < -0.3 is 54.7 Å². The summed E-state index contributed by atoms with van der Waals surface area (Å²) in [6.45, 7) is 0.455. The van der Waals surface area contributed by atoms with E-state index in [4.69, 9.17) is 23.4 Å². The molecule has 4 rings (SSSR count). The van der Waals surface area contributed by atoms with Gasteiger partial charge in [-0.25, -0.2) is 4.42 Å². The third-order valence-electron chi connectivity index (χ3n) is 5.68. The summed E-state index contributed by atoms with van der Waals surface area (Å²) < 4.78 is 27.4. The Bertz CT molecular complexity index is 1320. The minimum Gasteiger partial charge on any atom is -0.507 e. The zero-order valence-corrected chi connectivity index (χ0v) is 19.6. The summed E-state index contributed by atoms with van der Waals surface area (Å²) in [7, 11) is 1.25. The Balaban J connectivity index is 1.92. The second kappa shape index (κ2) is 10.2. The van der Waals surface area contributed by atoms with E-state index in [1.54, 1.807) is 0 Å². The predicted molar refractivity (Wildman–Crippen MR) is 123 cm³/mol. The molecule has 1 aliphatic rings. The first-order chi connectivity index (χ1) is 17.5. The van der Waals surface area contributed by atoms with Crippen LogP contribution in [-0.2, 0) is 9.53 Å². The molecule has 0 unspecified atom stereocenters. The molecule has 37 heavy (non-hydrogen) atoms. The Kier molecular flexibility index (Phi) is 7.25. The zero-order chi connectivity index (χ0) is 27.0. The summed E-state index contributed by atoms with van der Waals surface area (Å²) in [5, 5.41) is 70.7. The maximum absolute atomic E-state index is 11.6. The first-order valence-electron chi connectivity index (χ1n) is 10.9. The van der Waals surface area contributed by atoms with Gasteiger partial charge in [-0.3, -0.25) is 4.79 Å². The van der Waals surface area contributed by atoms with Gasteiger partial charge in [0.15, 0.2) is 17.2 Å². The van der Waals surface area contributed by atoms with Gasteiger partial charge in [0.1, 0.15) is 35.6 Å². The molecule has 198 valence electrons. The van der Waals surface area contributed by atoms with Gasteiger partial charge in [0.25, 0.3) is 0 Å². The number of aliphatic hydroxyl groups is 4. The van der Waals surface area contributed by atoms with Crippen molar-refractivity contribution in [2.75, 3.05) is 13.7 Å². The van der Waals surface area contributed by atoms with Gasteiger partial charge in [0.05, 0.1) is 25.3 Å². The maximum Gasteiger partial charge on any atom is 0.402 e. The minimum absolute atomic E-state index is 0.0129. The van der Waals surface area contributed by atoms with E-state index in [0.29, 0.717) is 0 Å². The molecule has 13 nitrogen and oxygen atoms in total. The van der Waals surface area contributed by atoms with Gasteiger partial charge in [-0.1, -0.05) is 0 Å². The van der Waals surface area contributed by atoms with Crippen LogP contribution in [-0.4, -0.2) is 86.1 Å². The van der Waals surface area contributed by atoms with Crippen molar-refractivity contribution in [3.63, 3.8) is 0 Å². The SMILES string of the molecule is COc1cc(-c2[o+]c3cc(O)cc(OC(C)=O)c3cc2O[C@@H]2O[C@H](CO)[C@@H](O)[C@H](O)[C@H]2O)cc(O)c1O. The number of carbonyl (C=O) groups excluding carboxylic acids is 1. The fourth-order valence-electron chi connectivity index (χ4n) is 3.87. The largest absolute Gasteiger partial charge is 0.507 e. The van der Waals surface area contributed by atoms with Gasteiger partial charge in [0.2, 0.25) is 17.8 Å². The normalized spacial score (nSPS) is 23.6. The Morgan fingerprint density at radius 2 is 1.70 bits per heavy atom. The van der Waals surface area contributed by atoms with Crippen molar-refractivity contribution in [2.45, 2.75) is 37.6 Å². The average molecular weight is 521 g/mol. The van der Waals surface area contributed by atoms with Crippen LogP contribution in [0.1, 0.15) is 6.92 Å². The molecule has 0 amide bonds. The van der Waals surface area contributed by atoms with Crippen molar-refractivity contribution in [2.24, 2.45) is 0 Å². The fourth-order valence-corrected chi connectivity index (χ4v) is 3.87. The number of benzene rings is 2. The van der Waals surface area contributed by atoms with Gasteiger partial charge in [0, 0.05) is 31.2 Å². The van der Waals surface area contributed by atoms with E-state index in [-0.39, 0.29) is 45.3 Å². The topological polar surface area (TPSA) is 207 Å². The smallest absolute Gasteiger partial charge is 0.402 e. The molecule has 1 aromatic heterocycles. The molecule has 3 aromatic rings. The number of phenols is 3. The van der Waals surface area contributed by atoms with Crippen LogP contribution in [0.3, 0.4) is 0 Å². The van der Waals surface area contributed by atoms with Crippen LogP contribution < -0.4 is 14.2 Å². The molecule has 2 aromatic carbocycles. The number of phenolic OH excluding ortho intramolecular Hbond substituents is 3. The highest BCUT2D eigenvalue weighted by Gasteiger charge is 2.45. The number of rotatable bonds is 6. The molecule has 0 spiro atoms. The Morgan fingerprint density at radius 1 is 0.973 bits per heavy atom. The summed E-state index contributed by atoms with van der Waals surface area (Å²) in [5.41, 5.74) is 0.116. The lowest BCUT2D eigenvalue weighted by Crippen LogP contribution is -2.60. The molecule has 7 N–H and O–H groups in total. The monoisotopic (exact) mass is 521 g/mol. The number of esters is 1. The van der Waals surface area contributed by atoms with E-state index < -0.39 is 54.8 Å². The van der Waals surface area contributed by atoms with Crippen molar-refractivity contribution >= 4 is 16.9 Å². The highest BCUT2D eigenvalue weighted by Crippen LogP contribution is 2.45. The number of hydrogen-bond acceptors (Lipinski definition) is 12. The van der Waals surface area contributed by atoms with Gasteiger partial charge in [-0.05, 0) is 0 Å². The van der Waals surface area contributed by atoms with Gasteiger partial charge in [-0.15, -0.1) is 0 Å². The van der Waals surface area contributed by atoms with Gasteiger partial charge >= 0.3 is 17.3 Å². The van der Waals surface area contributed by atoms with Crippen molar-refractivity contribution in [1.82, 2.24) is 0 Å². The number of fused-ring (bicyclic) bond motifs is 1. The molecule has 1 aliphatic heterocycles. The van der Waals surface area contributed by atoms with E-state index in [2.05, 4.69) is 0 Å². The molecule has 0 aliphatic carbocycles. The van der Waals surface area contributed by atoms with Crippen LogP contribution in [0.5, 0.6) is 34.5 Å². The fraction of sp³-hybridized carbons (Fsp3) is 0.333. The lowest BCUT2D eigenvalue weighted by atomic mass is 9.99. The van der Waals surface area contributed by atoms with E-state index in [1.165, 1.54) is 25.3 Å². The quantitative estimate of drug-likeness (QED) is 0.103. The zero-order valence-electron chi connectivity index (χ0n) is 19.6. The molecule has 0 saturated carbocycles. The van der Waals surface area contributed by atoms with Gasteiger partial charge in [-0.2, -0.15) is 0 Å². The highest BCUT2D eigenvalue weighted by atomic mass is 16.7. The molecule has 0 bridgehead atoms. The minimum atomic E-state index is -1.77. The van der Waals surface area contributed by atoms with E-state index >= 15 is 0 Å². The molecular weight excluding hydrogens is 496 g/mol. The molecule has 0 radical (unpaired) electrons. The summed E-state index contributed by atoms with van der Waals surface area (Å²) in [5.74, 6) is -2.63. The van der Waals surface area contributed by atoms with Crippen molar-refractivity contribution in [3.8, 4) is 45.8 Å². The summed E-state index contributed by atoms with van der Waals surface area (Å²) >= 11 is 0. The van der Waals surface area contributed by atoms with Crippen LogP contribution in [0.25, 0.3) is 22.3 Å². The summed E-state index contributed by atoms with van der Waals surface area (Å²) in [6, 6.07) is 6.13. The van der Waals surface area contributed by atoms with Crippen LogP contribution in [0.2, 0.25) is 0 Å². The average Bonchev–Trinajstić information content (AvgIpc) is 2.85. The Hall–Kier alpha value is -3.88. The van der Waals surface area contributed by atoms with E-state index in [1.807, 2.05) is 0 Å². The standard InChI is InChI=1S/C24H24O13/c1-9(26)34-14-5-11(27)6-15-12(14)7-17(36-24-22(32)21(31)20(30)18(8-25)37-24)23(35-15)10-3-13(28)19(29)16(4-10)33-2/h3-7,18,20-22,24-25,30-32H,8H2,1-2H3,(H2-,27,28,29)/p+1/t18-,20-,21+,22-,24-/m1/s1. The third kappa shape index (κ3) is 5.03. The highest BCUT2D eigenvalue weighted by molar-refractivity contribution is 5.90. The third-order valence-corrected chi connectivity index (χ3v) is 5.68. The maximum atomic E-state index is 11.6. The Labute approximate surface area is 208 Å². The van der Waals surface area contributed by atoms with Crippen molar-refractivity contribution in [3.05, 3.63) is 30.3 Å². The first-order valence-corrected chi connectivity index (χ1v) is 10.9. The van der Waals surface area contributed by atoms with Crippen LogP contribution in [0, 0.1) is 0 Å². The molecule has 5 atom stereocenters. The number of methoxy groups -OCH3 is 1. The predicted octanol–water partition coefficient (Wildman–Crippen LogP) is 0.610. The Morgan fingerprint density at radius 3 is 2.35 bits per heavy atom. The number of aromatic hydroxyl groups is 3. The number of ether oxygens (including phenoxy) is 4. The lowest BCUT2D eigenvalue weighted by molar-refractivity contribution is -0.277. The molecule has 1 fully saturated rings. The van der Waals surface area contributed by atoms with E-state index in [0.717, 1.165) is 19.1 Å². The van der Waals surface area contributed by atoms with Crippen molar-refractivity contribution < 1.29 is 63.9 Å². The van der Waals surface area contributed by atoms with Crippen molar-refractivity contribution in [1.29, 1.82) is 0 Å². The number of carbonyl (C=O) groups is 1. The molecule has 2 heterocycles. The second-order valence-corrected chi connectivity index (χ2v) is 8.25.